The van der Waals surface area contributed by atoms with Crippen molar-refractivity contribution in [3.63, 3.8) is 0 Å². The van der Waals surface area contributed by atoms with Crippen LogP contribution in [0.15, 0.2) is 48.6 Å². The van der Waals surface area contributed by atoms with Crippen molar-refractivity contribution in [1.29, 1.82) is 0 Å². The number of carbonyl (C=O) groups is 1. The van der Waals surface area contributed by atoms with E-state index in [4.69, 9.17) is 23.7 Å². The van der Waals surface area contributed by atoms with Crippen molar-refractivity contribution in [3.05, 3.63) is 59.7 Å². The molecular weight excluding hydrogens is 336 g/mol. The first-order valence-electron chi connectivity index (χ1n) is 8.09. The van der Waals surface area contributed by atoms with Gasteiger partial charge < -0.3 is 23.7 Å². The lowest BCUT2D eigenvalue weighted by molar-refractivity contribution is -0.136. The molecule has 6 heteroatoms. The summed E-state index contributed by atoms with van der Waals surface area (Å²) in [5.41, 5.74) is 1.78. The molecule has 0 atom stereocenters. The topological polar surface area (TPSA) is 63.2 Å². The Morgan fingerprint density at radius 2 is 1.42 bits per heavy atom. The van der Waals surface area contributed by atoms with Gasteiger partial charge in [-0.1, -0.05) is 18.2 Å². The maximum atomic E-state index is 11.8. The highest BCUT2D eigenvalue weighted by molar-refractivity contribution is 5.87. The van der Waals surface area contributed by atoms with E-state index in [0.717, 1.165) is 22.6 Å². The SMILES string of the molecule is O=C(/C=C/c1ccc2c(c1)OCO2)OC/C=C\c1ccc2c(c1)OCO2. The molecule has 2 aliphatic rings. The van der Waals surface area contributed by atoms with Gasteiger partial charge in [-0.25, -0.2) is 4.79 Å². The highest BCUT2D eigenvalue weighted by Gasteiger charge is 2.13. The summed E-state index contributed by atoms with van der Waals surface area (Å²) in [6.45, 7) is 0.648. The van der Waals surface area contributed by atoms with Gasteiger partial charge in [-0.2, -0.15) is 0 Å². The second kappa shape index (κ2) is 7.23. The van der Waals surface area contributed by atoms with Crippen LogP contribution in [0.2, 0.25) is 0 Å². The average molecular weight is 352 g/mol. The molecule has 2 aromatic carbocycles. The van der Waals surface area contributed by atoms with Crippen molar-refractivity contribution in [2.24, 2.45) is 0 Å². The molecule has 0 aromatic heterocycles. The molecule has 0 saturated carbocycles. The van der Waals surface area contributed by atoms with E-state index < -0.39 is 5.97 Å². The number of esters is 1. The molecule has 0 radical (unpaired) electrons. The van der Waals surface area contributed by atoms with Crippen LogP contribution in [0.5, 0.6) is 23.0 Å². The molecule has 132 valence electrons. The average Bonchev–Trinajstić information content (AvgIpc) is 3.31. The van der Waals surface area contributed by atoms with Crippen LogP contribution in [0.1, 0.15) is 11.1 Å². The Kier molecular flexibility index (Phi) is 4.47. The lowest BCUT2D eigenvalue weighted by Gasteiger charge is -1.99. The minimum absolute atomic E-state index is 0.179. The van der Waals surface area contributed by atoms with Gasteiger partial charge in [0.2, 0.25) is 13.6 Å². The first-order chi connectivity index (χ1) is 12.8. The third-order valence-electron chi connectivity index (χ3n) is 3.84. The molecule has 0 bridgehead atoms. The van der Waals surface area contributed by atoms with E-state index in [1.807, 2.05) is 36.4 Å². The molecule has 26 heavy (non-hydrogen) atoms. The summed E-state index contributed by atoms with van der Waals surface area (Å²) in [6, 6.07) is 11.1. The summed E-state index contributed by atoms with van der Waals surface area (Å²) in [5.74, 6) is 2.42. The fraction of sp³-hybridized carbons (Fsp3) is 0.150. The van der Waals surface area contributed by atoms with Gasteiger partial charge in [0.1, 0.15) is 6.61 Å². The molecule has 0 saturated heterocycles. The molecule has 0 unspecified atom stereocenters. The second-order valence-electron chi connectivity index (χ2n) is 5.59. The molecule has 4 rings (SSSR count). The Hall–Kier alpha value is -3.41. The maximum Gasteiger partial charge on any atom is 0.331 e. The van der Waals surface area contributed by atoms with E-state index in [1.165, 1.54) is 6.08 Å². The molecule has 2 heterocycles. The minimum Gasteiger partial charge on any atom is -0.458 e. The Balaban J connectivity index is 1.27. The molecule has 0 N–H and O–H groups in total. The Morgan fingerprint density at radius 1 is 0.846 bits per heavy atom. The maximum absolute atomic E-state index is 11.8. The standard InChI is InChI=1S/C20H16O6/c21-20(8-5-15-4-7-17-19(11-15)26-13-24-17)22-9-1-2-14-3-6-16-18(10-14)25-12-23-16/h1-8,10-11H,9,12-13H2/b2-1-,8-5+. The third kappa shape index (κ3) is 3.64. The molecule has 0 aliphatic carbocycles. The van der Waals surface area contributed by atoms with Gasteiger partial charge in [-0.15, -0.1) is 0 Å². The zero-order chi connectivity index (χ0) is 17.8. The van der Waals surface area contributed by atoms with Crippen LogP contribution >= 0.6 is 0 Å². The number of hydrogen-bond acceptors (Lipinski definition) is 6. The van der Waals surface area contributed by atoms with E-state index in [2.05, 4.69) is 0 Å². The molecule has 0 amide bonds. The van der Waals surface area contributed by atoms with Crippen LogP contribution in [0.25, 0.3) is 12.2 Å². The largest absolute Gasteiger partial charge is 0.458 e. The number of benzene rings is 2. The first kappa shape index (κ1) is 16.1. The van der Waals surface area contributed by atoms with Gasteiger partial charge in [-0.3, -0.25) is 0 Å². The zero-order valence-corrected chi connectivity index (χ0v) is 13.8. The summed E-state index contributed by atoms with van der Waals surface area (Å²) >= 11 is 0. The van der Waals surface area contributed by atoms with Crippen LogP contribution in [0, 0.1) is 0 Å². The number of carbonyl (C=O) groups excluding carboxylic acids is 1. The Morgan fingerprint density at radius 3 is 2.08 bits per heavy atom. The van der Waals surface area contributed by atoms with Crippen molar-refractivity contribution in [2.45, 2.75) is 0 Å². The molecule has 0 fully saturated rings. The van der Waals surface area contributed by atoms with Crippen LogP contribution in [0.4, 0.5) is 0 Å². The van der Waals surface area contributed by atoms with Crippen molar-refractivity contribution in [1.82, 2.24) is 0 Å². The van der Waals surface area contributed by atoms with Gasteiger partial charge in [0.05, 0.1) is 0 Å². The van der Waals surface area contributed by atoms with Crippen LogP contribution in [0.3, 0.4) is 0 Å². The first-order valence-corrected chi connectivity index (χ1v) is 8.09. The van der Waals surface area contributed by atoms with Crippen molar-refractivity contribution >= 4 is 18.1 Å². The van der Waals surface area contributed by atoms with Crippen LogP contribution in [-0.4, -0.2) is 26.2 Å². The number of fused-ring (bicyclic) bond motifs is 2. The summed E-state index contributed by atoms with van der Waals surface area (Å²) < 4.78 is 26.3. The highest BCUT2D eigenvalue weighted by Crippen LogP contribution is 2.33. The van der Waals surface area contributed by atoms with Crippen molar-refractivity contribution in [2.75, 3.05) is 20.2 Å². The minimum atomic E-state index is -0.419. The number of ether oxygens (including phenoxy) is 5. The lowest BCUT2D eigenvalue weighted by Crippen LogP contribution is -1.99. The summed E-state index contributed by atoms with van der Waals surface area (Å²) in [5, 5.41) is 0. The predicted octanol–water partition coefficient (Wildman–Crippen LogP) is 3.41. The smallest absolute Gasteiger partial charge is 0.331 e. The number of rotatable bonds is 5. The fourth-order valence-corrected chi connectivity index (χ4v) is 2.56. The van der Waals surface area contributed by atoms with E-state index in [-0.39, 0.29) is 20.2 Å². The van der Waals surface area contributed by atoms with Gasteiger partial charge in [-0.05, 0) is 47.5 Å². The Labute approximate surface area is 150 Å². The summed E-state index contributed by atoms with van der Waals surface area (Å²) in [6.07, 6.45) is 6.68. The Bertz CT molecular complexity index is 884. The third-order valence-corrected chi connectivity index (χ3v) is 3.84. The second-order valence-corrected chi connectivity index (χ2v) is 5.59. The van der Waals surface area contributed by atoms with E-state index in [1.54, 1.807) is 18.2 Å². The predicted molar refractivity (Wildman–Crippen MR) is 94.2 cm³/mol. The highest BCUT2D eigenvalue weighted by atomic mass is 16.7. The molecule has 6 nitrogen and oxygen atoms in total. The van der Waals surface area contributed by atoms with E-state index >= 15 is 0 Å². The molecular formula is C20H16O6. The van der Waals surface area contributed by atoms with Gasteiger partial charge in [0.15, 0.2) is 23.0 Å². The number of hydrogen-bond donors (Lipinski definition) is 0. The fourth-order valence-electron chi connectivity index (χ4n) is 2.56. The monoisotopic (exact) mass is 352 g/mol. The van der Waals surface area contributed by atoms with Gasteiger partial charge >= 0.3 is 5.97 Å². The van der Waals surface area contributed by atoms with Crippen LogP contribution in [-0.2, 0) is 9.53 Å². The van der Waals surface area contributed by atoms with Gasteiger partial charge in [0.25, 0.3) is 0 Å². The van der Waals surface area contributed by atoms with E-state index in [9.17, 15) is 4.79 Å². The molecule has 0 spiro atoms. The summed E-state index contributed by atoms with van der Waals surface area (Å²) in [4.78, 5) is 11.8. The molecule has 2 aliphatic heterocycles. The normalized spacial score (nSPS) is 14.3. The molecule has 2 aromatic rings. The van der Waals surface area contributed by atoms with Crippen molar-refractivity contribution in [3.8, 4) is 23.0 Å². The van der Waals surface area contributed by atoms with Crippen LogP contribution < -0.4 is 18.9 Å². The summed E-state index contributed by atoms with van der Waals surface area (Å²) in [7, 11) is 0. The van der Waals surface area contributed by atoms with Gasteiger partial charge in [0, 0.05) is 6.08 Å². The lowest BCUT2D eigenvalue weighted by atomic mass is 10.2. The van der Waals surface area contributed by atoms with E-state index in [0.29, 0.717) is 11.5 Å². The zero-order valence-electron chi connectivity index (χ0n) is 13.8. The van der Waals surface area contributed by atoms with Crippen molar-refractivity contribution < 1.29 is 28.5 Å². The quantitative estimate of drug-likeness (QED) is 0.607.